The third-order valence-corrected chi connectivity index (χ3v) is 3.99. The number of nitrogens with one attached hydrogen (secondary N) is 1. The highest BCUT2D eigenvalue weighted by Crippen LogP contribution is 2.37. The van der Waals surface area contributed by atoms with Crippen LogP contribution in [-0.2, 0) is 4.79 Å². The van der Waals surface area contributed by atoms with Crippen LogP contribution in [0.15, 0.2) is 17.2 Å². The van der Waals surface area contributed by atoms with E-state index in [4.69, 9.17) is 33.0 Å². The van der Waals surface area contributed by atoms with Crippen LogP contribution in [-0.4, -0.2) is 41.3 Å². The molecule has 2 unspecified atom stereocenters. The van der Waals surface area contributed by atoms with E-state index in [-0.39, 0.29) is 27.7 Å². The van der Waals surface area contributed by atoms with Gasteiger partial charge in [0, 0.05) is 6.07 Å². The molecule has 3 N–H and O–H groups in total. The number of nitrogens with zero attached hydrogens (tertiary/aromatic N) is 1. The number of hydrogen-bond acceptors (Lipinski definition) is 5. The number of rotatable bonds is 7. The Morgan fingerprint density at radius 3 is 2.44 bits per heavy atom. The lowest BCUT2D eigenvalue weighted by Gasteiger charge is -2.31. The zero-order valence-electron chi connectivity index (χ0n) is 13.1. The summed E-state index contributed by atoms with van der Waals surface area (Å²) in [7, 11) is 1.32. The molecule has 0 aliphatic carbocycles. The molecule has 0 heterocycles. The molecule has 0 saturated carbocycles. The Kier molecular flexibility index (Phi) is 6.92. The van der Waals surface area contributed by atoms with Crippen LogP contribution in [0, 0.1) is 5.92 Å². The summed E-state index contributed by atoms with van der Waals surface area (Å²) < 4.78 is 44.5. The second kappa shape index (κ2) is 8.11. The zero-order valence-corrected chi connectivity index (χ0v) is 14.6. The maximum absolute atomic E-state index is 13.2. The fourth-order valence-electron chi connectivity index (χ4n) is 2.01. The van der Waals surface area contributed by atoms with Crippen LogP contribution in [0.4, 0.5) is 18.9 Å². The van der Waals surface area contributed by atoms with Crippen molar-refractivity contribution >= 4 is 41.1 Å². The van der Waals surface area contributed by atoms with Crippen LogP contribution in [0.5, 0.6) is 5.75 Å². The Balaban J connectivity index is 3.17. The summed E-state index contributed by atoms with van der Waals surface area (Å²) in [4.78, 5) is 11.0. The van der Waals surface area contributed by atoms with Gasteiger partial charge in [0.05, 0.1) is 35.0 Å². The van der Waals surface area contributed by atoms with Crippen LogP contribution in [0.25, 0.3) is 0 Å². The fraction of sp³-hybridized carbons (Fsp3) is 0.429. The number of carboxylic acids is 1. The number of halogens is 5. The largest absolute Gasteiger partial charge is 0.495 e. The lowest BCUT2D eigenvalue weighted by Crippen LogP contribution is -2.55. The number of aliphatic carboxylic acids is 1. The first-order valence-corrected chi connectivity index (χ1v) is 7.58. The molecule has 140 valence electrons. The fourth-order valence-corrected chi connectivity index (χ4v) is 2.51. The van der Waals surface area contributed by atoms with Gasteiger partial charge in [-0.25, -0.2) is 0 Å². The Hall–Kier alpha value is -1.71. The summed E-state index contributed by atoms with van der Waals surface area (Å²) in [5, 5.41) is 22.3. The number of hydrazone groups is 1. The van der Waals surface area contributed by atoms with Gasteiger partial charge in [0.1, 0.15) is 5.75 Å². The number of benzene rings is 1. The molecule has 0 bridgehead atoms. The predicted octanol–water partition coefficient (Wildman–Crippen LogP) is 3.80. The summed E-state index contributed by atoms with van der Waals surface area (Å²) >= 11 is 11.7. The van der Waals surface area contributed by atoms with E-state index in [1.807, 2.05) is 0 Å². The van der Waals surface area contributed by atoms with E-state index in [0.717, 1.165) is 0 Å². The first-order valence-electron chi connectivity index (χ1n) is 6.83. The van der Waals surface area contributed by atoms with E-state index in [9.17, 15) is 23.1 Å². The highest BCUT2D eigenvalue weighted by molar-refractivity contribution is 6.37. The molecule has 0 saturated heterocycles. The molecule has 25 heavy (non-hydrogen) atoms. The molecule has 0 spiro atoms. The first-order chi connectivity index (χ1) is 11.5. The van der Waals surface area contributed by atoms with Gasteiger partial charge in [-0.3, -0.25) is 10.2 Å². The number of carbonyl (C=O) groups is 1. The normalized spacial score (nSPS) is 15.7. The van der Waals surface area contributed by atoms with E-state index >= 15 is 0 Å². The molecule has 1 aromatic carbocycles. The van der Waals surface area contributed by atoms with Gasteiger partial charge in [-0.05, 0) is 12.5 Å². The van der Waals surface area contributed by atoms with E-state index in [1.54, 1.807) is 0 Å². The maximum Gasteiger partial charge on any atom is 0.423 e. The molecule has 1 aromatic rings. The first kappa shape index (κ1) is 21.3. The van der Waals surface area contributed by atoms with Crippen LogP contribution in [0.2, 0.25) is 10.0 Å². The van der Waals surface area contributed by atoms with E-state index in [0.29, 0.717) is 0 Å². The zero-order chi connectivity index (χ0) is 19.4. The molecular formula is C14H15Cl2F3N2O4. The Morgan fingerprint density at radius 2 is 2.00 bits per heavy atom. The molecule has 11 heteroatoms. The number of hydrogen-bond donors (Lipinski definition) is 3. The Labute approximate surface area is 151 Å². The summed E-state index contributed by atoms with van der Waals surface area (Å²) in [6, 6.07) is 2.56. The van der Waals surface area contributed by atoms with Crippen molar-refractivity contribution in [3.8, 4) is 5.75 Å². The van der Waals surface area contributed by atoms with Gasteiger partial charge in [-0.1, -0.05) is 30.1 Å². The van der Waals surface area contributed by atoms with E-state index in [2.05, 4.69) is 10.5 Å². The molecule has 0 radical (unpaired) electrons. The van der Waals surface area contributed by atoms with Crippen molar-refractivity contribution in [1.82, 2.24) is 0 Å². The van der Waals surface area contributed by atoms with Crippen molar-refractivity contribution < 1.29 is 32.9 Å². The SMILES string of the molecule is CCC(C(=O)O)C(O)(/C=N\Nc1cc(OC)c(Cl)cc1Cl)C(F)(F)F. The summed E-state index contributed by atoms with van der Waals surface area (Å²) in [5.74, 6) is -3.75. The minimum atomic E-state index is -5.25. The molecule has 0 aliphatic heterocycles. The lowest BCUT2D eigenvalue weighted by molar-refractivity contribution is -0.248. The Bertz CT molecular complexity index is 670. The van der Waals surface area contributed by atoms with Crippen LogP contribution in [0.3, 0.4) is 0 Å². The van der Waals surface area contributed by atoms with Crippen LogP contribution < -0.4 is 10.2 Å². The second-order valence-corrected chi connectivity index (χ2v) is 5.77. The molecule has 0 amide bonds. The number of ether oxygens (including phenoxy) is 1. The topological polar surface area (TPSA) is 91.2 Å². The minimum Gasteiger partial charge on any atom is -0.495 e. The molecular weight excluding hydrogens is 388 g/mol. The van der Waals surface area contributed by atoms with Crippen molar-refractivity contribution in [2.45, 2.75) is 25.1 Å². The lowest BCUT2D eigenvalue weighted by atomic mass is 9.85. The van der Waals surface area contributed by atoms with Gasteiger partial charge in [0.25, 0.3) is 0 Å². The number of anilines is 1. The van der Waals surface area contributed by atoms with Gasteiger partial charge in [-0.15, -0.1) is 0 Å². The van der Waals surface area contributed by atoms with Gasteiger partial charge >= 0.3 is 12.1 Å². The van der Waals surface area contributed by atoms with Crippen molar-refractivity contribution in [3.05, 3.63) is 22.2 Å². The van der Waals surface area contributed by atoms with Crippen LogP contribution >= 0.6 is 23.2 Å². The number of alkyl halides is 3. The van der Waals surface area contributed by atoms with Gasteiger partial charge in [-0.2, -0.15) is 18.3 Å². The molecule has 0 aromatic heterocycles. The summed E-state index contributed by atoms with van der Waals surface area (Å²) in [6.45, 7) is 1.21. The van der Waals surface area contributed by atoms with Gasteiger partial charge in [0.15, 0.2) is 0 Å². The average Bonchev–Trinajstić information content (AvgIpc) is 2.48. The highest BCUT2D eigenvalue weighted by Gasteiger charge is 2.59. The number of carboxylic acid groups (broad SMARTS) is 1. The minimum absolute atomic E-state index is 0.0313. The van der Waals surface area contributed by atoms with E-state index in [1.165, 1.54) is 26.2 Å². The molecule has 2 atom stereocenters. The van der Waals surface area contributed by atoms with Gasteiger partial charge in [0.2, 0.25) is 5.60 Å². The quantitative estimate of drug-likeness (QED) is 0.476. The van der Waals surface area contributed by atoms with Crippen molar-refractivity contribution in [2.75, 3.05) is 12.5 Å². The van der Waals surface area contributed by atoms with Gasteiger partial charge < -0.3 is 14.9 Å². The number of aliphatic hydroxyl groups is 1. The molecule has 0 fully saturated rings. The Morgan fingerprint density at radius 1 is 1.40 bits per heavy atom. The highest BCUT2D eigenvalue weighted by atomic mass is 35.5. The van der Waals surface area contributed by atoms with Crippen molar-refractivity contribution in [1.29, 1.82) is 0 Å². The smallest absolute Gasteiger partial charge is 0.423 e. The average molecular weight is 403 g/mol. The van der Waals surface area contributed by atoms with Crippen LogP contribution in [0.1, 0.15) is 13.3 Å². The summed E-state index contributed by atoms with van der Waals surface area (Å²) in [6.07, 6.45) is -5.63. The van der Waals surface area contributed by atoms with Crippen molar-refractivity contribution in [2.24, 2.45) is 11.0 Å². The molecule has 6 nitrogen and oxygen atoms in total. The standard InChI is InChI=1S/C14H15Cl2F3N2O4/c1-3-7(12(22)23)13(24,14(17,18)19)6-20-21-10-5-11(25-2)9(16)4-8(10)15/h4-7,21,24H,3H2,1-2H3,(H,22,23)/b20-6-. The molecule has 1 rings (SSSR count). The maximum atomic E-state index is 13.2. The van der Waals surface area contributed by atoms with E-state index < -0.39 is 30.1 Å². The monoisotopic (exact) mass is 402 g/mol. The third kappa shape index (κ3) is 4.68. The van der Waals surface area contributed by atoms with Crippen molar-refractivity contribution in [3.63, 3.8) is 0 Å². The second-order valence-electron chi connectivity index (χ2n) is 4.96. The number of methoxy groups -OCH3 is 1. The third-order valence-electron chi connectivity index (χ3n) is 3.38. The molecule has 0 aliphatic rings. The summed E-state index contributed by atoms with van der Waals surface area (Å²) in [5.41, 5.74) is -1.41. The predicted molar refractivity (Wildman–Crippen MR) is 87.6 cm³/mol.